The molecule has 3 heterocycles. The molecule has 2 aliphatic heterocycles. The van der Waals surface area contributed by atoms with Crippen molar-refractivity contribution in [1.29, 1.82) is 0 Å². The molecular formula is C19H26N4O. The molecule has 128 valence electrons. The van der Waals surface area contributed by atoms with Crippen molar-refractivity contribution in [3.05, 3.63) is 42.1 Å². The van der Waals surface area contributed by atoms with Gasteiger partial charge in [-0.3, -0.25) is 0 Å². The number of aromatic nitrogens is 2. The van der Waals surface area contributed by atoms with Crippen molar-refractivity contribution in [2.24, 2.45) is 0 Å². The molecule has 0 spiro atoms. The monoisotopic (exact) mass is 326 g/mol. The maximum Gasteiger partial charge on any atom is 0.225 e. The lowest BCUT2D eigenvalue weighted by atomic mass is 10.1. The van der Waals surface area contributed by atoms with E-state index >= 15 is 0 Å². The fraction of sp³-hybridized carbons (Fsp3) is 0.579. The first kappa shape index (κ1) is 15.5. The zero-order chi connectivity index (χ0) is 16.4. The Morgan fingerprint density at radius 2 is 1.88 bits per heavy atom. The number of hydrogen-bond acceptors (Lipinski definition) is 5. The molecule has 1 aliphatic carbocycles. The van der Waals surface area contributed by atoms with Crippen LogP contribution < -0.4 is 4.90 Å². The standard InChI is InChI=1S/C19H26N4O/c1-2-15-12-20-19(21-13-15)22-10-7-17(8-11-22)24-18-4-3-9-23(14-18)16-5-6-16/h3-4,9,12-13,16-17H,2,5-8,10-11,14H2,1H3. The molecule has 0 aromatic carbocycles. The maximum absolute atomic E-state index is 6.26. The van der Waals surface area contributed by atoms with Crippen molar-refractivity contribution >= 4 is 5.95 Å². The first-order valence-corrected chi connectivity index (χ1v) is 9.17. The van der Waals surface area contributed by atoms with E-state index in [0.29, 0.717) is 6.10 Å². The highest BCUT2D eigenvalue weighted by Crippen LogP contribution is 2.30. The number of anilines is 1. The molecule has 2 fully saturated rings. The number of piperidine rings is 1. The van der Waals surface area contributed by atoms with Crippen molar-refractivity contribution in [3.63, 3.8) is 0 Å². The number of rotatable bonds is 5. The summed E-state index contributed by atoms with van der Waals surface area (Å²) in [5, 5.41) is 0. The summed E-state index contributed by atoms with van der Waals surface area (Å²) in [6, 6.07) is 0.749. The van der Waals surface area contributed by atoms with Crippen LogP contribution in [0.3, 0.4) is 0 Å². The van der Waals surface area contributed by atoms with E-state index in [0.717, 1.165) is 56.6 Å². The van der Waals surface area contributed by atoms with E-state index in [1.807, 2.05) is 12.4 Å². The SMILES string of the molecule is CCc1cnc(N2CCC(OC3=CC=CN(C4CC4)C3)CC2)nc1. The Kier molecular flexibility index (Phi) is 4.41. The molecule has 1 aromatic rings. The summed E-state index contributed by atoms with van der Waals surface area (Å²) >= 11 is 0. The third kappa shape index (κ3) is 3.55. The van der Waals surface area contributed by atoms with Gasteiger partial charge >= 0.3 is 0 Å². The molecule has 0 radical (unpaired) electrons. The van der Waals surface area contributed by atoms with Crippen molar-refractivity contribution in [2.45, 2.75) is 51.2 Å². The molecule has 0 bridgehead atoms. The molecule has 24 heavy (non-hydrogen) atoms. The van der Waals surface area contributed by atoms with Crippen molar-refractivity contribution in [1.82, 2.24) is 14.9 Å². The molecule has 0 atom stereocenters. The first-order valence-electron chi connectivity index (χ1n) is 9.17. The summed E-state index contributed by atoms with van der Waals surface area (Å²) in [6.45, 7) is 4.99. The minimum absolute atomic E-state index is 0.315. The smallest absolute Gasteiger partial charge is 0.225 e. The number of allylic oxidation sites excluding steroid dienone is 2. The summed E-state index contributed by atoms with van der Waals surface area (Å²) in [6.07, 6.45) is 16.3. The van der Waals surface area contributed by atoms with Crippen LogP contribution in [0.2, 0.25) is 0 Å². The van der Waals surface area contributed by atoms with Crippen LogP contribution >= 0.6 is 0 Å². The molecular weight excluding hydrogens is 300 g/mol. The van der Waals surface area contributed by atoms with Gasteiger partial charge in [0.25, 0.3) is 0 Å². The lowest BCUT2D eigenvalue weighted by molar-refractivity contribution is 0.0799. The predicted octanol–water partition coefficient (Wildman–Crippen LogP) is 2.90. The third-order valence-electron chi connectivity index (χ3n) is 5.06. The minimum atomic E-state index is 0.315. The Balaban J connectivity index is 1.28. The topological polar surface area (TPSA) is 41.5 Å². The van der Waals surface area contributed by atoms with Crippen molar-refractivity contribution < 1.29 is 4.74 Å². The lowest BCUT2D eigenvalue weighted by Crippen LogP contribution is -2.38. The van der Waals surface area contributed by atoms with Gasteiger partial charge in [-0.2, -0.15) is 0 Å². The largest absolute Gasteiger partial charge is 0.493 e. The average molecular weight is 326 g/mol. The number of nitrogens with zero attached hydrogens (tertiary/aromatic N) is 4. The highest BCUT2D eigenvalue weighted by molar-refractivity contribution is 5.30. The van der Waals surface area contributed by atoms with E-state index in [-0.39, 0.29) is 0 Å². The summed E-state index contributed by atoms with van der Waals surface area (Å²) in [4.78, 5) is 13.7. The summed E-state index contributed by atoms with van der Waals surface area (Å²) in [5.41, 5.74) is 1.19. The van der Waals surface area contributed by atoms with Gasteiger partial charge in [0.05, 0.1) is 6.54 Å². The van der Waals surface area contributed by atoms with E-state index in [4.69, 9.17) is 4.74 Å². The Morgan fingerprint density at radius 1 is 1.12 bits per heavy atom. The van der Waals surface area contributed by atoms with Crippen molar-refractivity contribution in [3.8, 4) is 0 Å². The molecule has 0 N–H and O–H groups in total. The number of ether oxygens (including phenoxy) is 1. The fourth-order valence-electron chi connectivity index (χ4n) is 3.36. The van der Waals surface area contributed by atoms with E-state index in [1.54, 1.807) is 0 Å². The third-order valence-corrected chi connectivity index (χ3v) is 5.06. The van der Waals surface area contributed by atoms with Crippen LogP contribution in [0.4, 0.5) is 5.95 Å². The predicted molar refractivity (Wildman–Crippen MR) is 94.7 cm³/mol. The van der Waals surface area contributed by atoms with Gasteiger partial charge < -0.3 is 14.5 Å². The van der Waals surface area contributed by atoms with Crippen LogP contribution in [0.1, 0.15) is 38.2 Å². The molecule has 1 aromatic heterocycles. The first-order chi connectivity index (χ1) is 11.8. The van der Waals surface area contributed by atoms with E-state index in [2.05, 4.69) is 45.0 Å². The molecule has 0 amide bonds. The van der Waals surface area contributed by atoms with Gasteiger partial charge in [-0.05, 0) is 43.2 Å². The van der Waals surface area contributed by atoms with Gasteiger partial charge in [-0.1, -0.05) is 6.92 Å². The molecule has 1 saturated heterocycles. The van der Waals surface area contributed by atoms with Gasteiger partial charge in [0.1, 0.15) is 11.9 Å². The second-order valence-electron chi connectivity index (χ2n) is 6.93. The zero-order valence-corrected chi connectivity index (χ0v) is 14.4. The maximum atomic E-state index is 6.26. The van der Waals surface area contributed by atoms with E-state index in [9.17, 15) is 0 Å². The Morgan fingerprint density at radius 3 is 2.54 bits per heavy atom. The van der Waals surface area contributed by atoms with Gasteiger partial charge in [0.2, 0.25) is 5.95 Å². The normalized spacial score (nSPS) is 21.8. The van der Waals surface area contributed by atoms with Crippen molar-refractivity contribution in [2.75, 3.05) is 24.5 Å². The second kappa shape index (κ2) is 6.83. The average Bonchev–Trinajstić information content (AvgIpc) is 3.48. The molecule has 4 rings (SSSR count). The summed E-state index contributed by atoms with van der Waals surface area (Å²) in [7, 11) is 0. The highest BCUT2D eigenvalue weighted by atomic mass is 16.5. The van der Waals surface area contributed by atoms with Crippen LogP contribution in [0, 0.1) is 0 Å². The fourth-order valence-corrected chi connectivity index (χ4v) is 3.36. The van der Waals surface area contributed by atoms with Crippen LogP contribution in [0.25, 0.3) is 0 Å². The van der Waals surface area contributed by atoms with E-state index in [1.165, 1.54) is 18.4 Å². The van der Waals surface area contributed by atoms with Crippen LogP contribution in [0.15, 0.2) is 36.5 Å². The lowest BCUT2D eigenvalue weighted by Gasteiger charge is -2.34. The molecule has 5 nitrogen and oxygen atoms in total. The van der Waals surface area contributed by atoms with Gasteiger partial charge in [0, 0.05) is 44.4 Å². The molecule has 5 heteroatoms. The Labute approximate surface area is 144 Å². The van der Waals surface area contributed by atoms with Gasteiger partial charge in [-0.25, -0.2) is 9.97 Å². The van der Waals surface area contributed by atoms with Gasteiger partial charge in [-0.15, -0.1) is 0 Å². The molecule has 0 unspecified atom stereocenters. The number of hydrogen-bond donors (Lipinski definition) is 0. The quantitative estimate of drug-likeness (QED) is 0.832. The van der Waals surface area contributed by atoms with Crippen LogP contribution in [-0.4, -0.2) is 46.6 Å². The van der Waals surface area contributed by atoms with Crippen LogP contribution in [0.5, 0.6) is 0 Å². The molecule has 1 saturated carbocycles. The summed E-state index contributed by atoms with van der Waals surface area (Å²) < 4.78 is 6.26. The minimum Gasteiger partial charge on any atom is -0.493 e. The highest BCUT2D eigenvalue weighted by Gasteiger charge is 2.29. The Hall–Kier alpha value is -2.04. The van der Waals surface area contributed by atoms with Crippen LogP contribution in [-0.2, 0) is 11.2 Å². The summed E-state index contributed by atoms with van der Waals surface area (Å²) in [5.74, 6) is 1.97. The molecule has 3 aliphatic rings. The zero-order valence-electron chi connectivity index (χ0n) is 14.4. The van der Waals surface area contributed by atoms with Gasteiger partial charge in [0.15, 0.2) is 0 Å². The second-order valence-corrected chi connectivity index (χ2v) is 6.93. The number of aryl methyl sites for hydroxylation is 1. The van der Waals surface area contributed by atoms with E-state index < -0.39 is 0 Å². The Bertz CT molecular complexity index is 613.